The first-order chi connectivity index (χ1) is 10.6. The molecule has 1 aromatic rings. The number of benzene rings is 1. The smallest absolute Gasteiger partial charge is 0.233 e. The van der Waals surface area contributed by atoms with Crippen molar-refractivity contribution in [3.8, 4) is 0 Å². The molecule has 23 heavy (non-hydrogen) atoms. The van der Waals surface area contributed by atoms with E-state index in [9.17, 15) is 13.2 Å². The van der Waals surface area contributed by atoms with E-state index in [4.69, 9.17) is 0 Å². The number of carbonyl (C=O) groups excluding carboxylic acids is 1. The second-order valence-corrected chi connectivity index (χ2v) is 10.1. The quantitative estimate of drug-likeness (QED) is 0.834. The van der Waals surface area contributed by atoms with Crippen molar-refractivity contribution < 1.29 is 13.2 Å². The van der Waals surface area contributed by atoms with E-state index in [1.54, 1.807) is 6.07 Å². The third-order valence-electron chi connectivity index (χ3n) is 5.97. The monoisotopic (exact) mass is 399 g/mol. The van der Waals surface area contributed by atoms with Crippen molar-refractivity contribution in [1.82, 2.24) is 0 Å². The predicted octanol–water partition coefficient (Wildman–Crippen LogP) is 3.89. The zero-order chi connectivity index (χ0) is 17.0. The molecule has 2 unspecified atom stereocenters. The van der Waals surface area contributed by atoms with E-state index in [0.29, 0.717) is 28.9 Å². The van der Waals surface area contributed by atoms with Crippen LogP contribution < -0.4 is 4.72 Å². The molecule has 2 aliphatic rings. The maximum Gasteiger partial charge on any atom is 0.233 e. The molecule has 1 N–H and O–H groups in total. The number of aryl methyl sites for hydroxylation is 1. The minimum atomic E-state index is -3.60. The minimum Gasteiger partial charge on any atom is -0.299 e. The molecule has 1 aromatic carbocycles. The van der Waals surface area contributed by atoms with Crippen LogP contribution >= 0.6 is 15.9 Å². The highest BCUT2D eigenvalue weighted by Crippen LogP contribution is 2.64. The van der Waals surface area contributed by atoms with Gasteiger partial charge in [-0.2, -0.15) is 0 Å². The summed E-state index contributed by atoms with van der Waals surface area (Å²) in [6.45, 7) is 6.04. The number of hydrogen-bond donors (Lipinski definition) is 1. The van der Waals surface area contributed by atoms with Crippen molar-refractivity contribution in [1.29, 1.82) is 0 Å². The number of halogens is 1. The number of ketones is 1. The molecule has 6 heteroatoms. The van der Waals surface area contributed by atoms with Gasteiger partial charge >= 0.3 is 0 Å². The SMILES string of the molecule is Cc1ccc(NS(=O)(=O)CC23CCC(CC2=O)C3(C)C)c(Br)c1. The Bertz CT molecular complexity index is 772. The molecular formula is C17H22BrNO3S. The van der Waals surface area contributed by atoms with Crippen LogP contribution in [0.3, 0.4) is 0 Å². The molecule has 0 aromatic heterocycles. The summed E-state index contributed by atoms with van der Waals surface area (Å²) in [4.78, 5) is 12.5. The normalized spacial score (nSPS) is 29.0. The van der Waals surface area contributed by atoms with Crippen LogP contribution in [0.15, 0.2) is 22.7 Å². The zero-order valence-electron chi connectivity index (χ0n) is 13.6. The van der Waals surface area contributed by atoms with Crippen LogP contribution in [0.25, 0.3) is 0 Å². The van der Waals surface area contributed by atoms with Gasteiger partial charge in [-0.05, 0) is 64.7 Å². The first-order valence-corrected chi connectivity index (χ1v) is 10.3. The number of anilines is 1. The molecule has 126 valence electrons. The highest BCUT2D eigenvalue weighted by atomic mass is 79.9. The third kappa shape index (κ3) is 2.64. The average Bonchev–Trinajstić information content (AvgIpc) is 2.75. The maximum atomic E-state index is 12.7. The van der Waals surface area contributed by atoms with Gasteiger partial charge < -0.3 is 0 Å². The number of rotatable bonds is 4. The fourth-order valence-corrected chi connectivity index (χ4v) is 6.97. The van der Waals surface area contributed by atoms with Crippen molar-refractivity contribution in [2.24, 2.45) is 16.7 Å². The van der Waals surface area contributed by atoms with Gasteiger partial charge in [-0.1, -0.05) is 19.9 Å². The number of Topliss-reactive ketones (excluding diaryl/α,β-unsaturated/α-hetero) is 1. The summed E-state index contributed by atoms with van der Waals surface area (Å²) in [5.74, 6) is 0.311. The average molecular weight is 400 g/mol. The van der Waals surface area contributed by atoms with Crippen LogP contribution in [0.2, 0.25) is 0 Å². The summed E-state index contributed by atoms with van der Waals surface area (Å²) in [5.41, 5.74) is 0.582. The van der Waals surface area contributed by atoms with Crippen LogP contribution in [0.5, 0.6) is 0 Å². The largest absolute Gasteiger partial charge is 0.299 e. The molecule has 0 saturated heterocycles. The Morgan fingerprint density at radius 3 is 2.57 bits per heavy atom. The van der Waals surface area contributed by atoms with Crippen molar-refractivity contribution >= 4 is 37.4 Å². The molecule has 2 atom stereocenters. The molecule has 3 rings (SSSR count). The van der Waals surface area contributed by atoms with Crippen LogP contribution in [0.4, 0.5) is 5.69 Å². The number of nitrogens with one attached hydrogen (secondary N) is 1. The summed E-state index contributed by atoms with van der Waals surface area (Å²) < 4.78 is 28.8. The molecule has 0 spiro atoms. The van der Waals surface area contributed by atoms with Gasteiger partial charge in [0.05, 0.1) is 16.9 Å². The lowest BCUT2D eigenvalue weighted by atomic mass is 9.70. The first kappa shape index (κ1) is 17.0. The van der Waals surface area contributed by atoms with E-state index in [1.807, 2.05) is 32.9 Å². The fourth-order valence-electron chi connectivity index (χ4n) is 4.34. The molecule has 4 nitrogen and oxygen atoms in total. The summed E-state index contributed by atoms with van der Waals surface area (Å²) in [7, 11) is -3.60. The van der Waals surface area contributed by atoms with Crippen molar-refractivity contribution in [2.75, 3.05) is 10.5 Å². The Morgan fingerprint density at radius 2 is 2.04 bits per heavy atom. The van der Waals surface area contributed by atoms with Gasteiger partial charge in [-0.3, -0.25) is 9.52 Å². The first-order valence-electron chi connectivity index (χ1n) is 7.87. The second-order valence-electron chi connectivity index (χ2n) is 7.51. The Labute approximate surface area is 146 Å². The lowest BCUT2D eigenvalue weighted by molar-refractivity contribution is -0.128. The van der Waals surface area contributed by atoms with Crippen LogP contribution in [-0.2, 0) is 14.8 Å². The molecular weight excluding hydrogens is 378 g/mol. The standard InChI is InChI=1S/C17H22BrNO3S/c1-11-4-5-14(13(18)8-11)19-23(21,22)10-17-7-6-12(9-15(17)20)16(17,2)3/h4-5,8,12,19H,6-7,9-10H2,1-3H3. The molecule has 0 radical (unpaired) electrons. The van der Waals surface area contributed by atoms with Crippen LogP contribution in [0, 0.1) is 23.7 Å². The highest BCUT2D eigenvalue weighted by molar-refractivity contribution is 9.10. The minimum absolute atomic E-state index is 0.118. The van der Waals surface area contributed by atoms with E-state index in [0.717, 1.165) is 12.0 Å². The number of hydrogen-bond acceptors (Lipinski definition) is 3. The Kier molecular flexibility index (Phi) is 3.92. The van der Waals surface area contributed by atoms with E-state index in [-0.39, 0.29) is 17.0 Å². The Morgan fingerprint density at radius 1 is 1.35 bits per heavy atom. The number of fused-ring (bicyclic) bond motifs is 2. The third-order valence-corrected chi connectivity index (χ3v) is 8.03. The number of sulfonamides is 1. The number of carbonyl (C=O) groups is 1. The van der Waals surface area contributed by atoms with Crippen molar-refractivity contribution in [3.05, 3.63) is 28.2 Å². The van der Waals surface area contributed by atoms with Gasteiger partial charge in [0, 0.05) is 10.9 Å². The fraction of sp³-hybridized carbons (Fsp3) is 0.588. The molecule has 2 fully saturated rings. The zero-order valence-corrected chi connectivity index (χ0v) is 16.1. The van der Waals surface area contributed by atoms with Gasteiger partial charge in [-0.15, -0.1) is 0 Å². The van der Waals surface area contributed by atoms with Crippen molar-refractivity contribution in [3.63, 3.8) is 0 Å². The van der Waals surface area contributed by atoms with Gasteiger partial charge in [0.2, 0.25) is 10.0 Å². The second kappa shape index (κ2) is 5.31. The van der Waals surface area contributed by atoms with E-state index >= 15 is 0 Å². The summed E-state index contributed by atoms with van der Waals surface area (Å²) in [5, 5.41) is 0. The lowest BCUT2D eigenvalue weighted by Gasteiger charge is -2.36. The van der Waals surface area contributed by atoms with Crippen molar-refractivity contribution in [2.45, 2.75) is 40.0 Å². The molecule has 2 bridgehead atoms. The predicted molar refractivity (Wildman–Crippen MR) is 94.9 cm³/mol. The Balaban J connectivity index is 1.88. The molecule has 2 aliphatic carbocycles. The van der Waals surface area contributed by atoms with E-state index < -0.39 is 15.4 Å². The topological polar surface area (TPSA) is 63.2 Å². The molecule has 0 heterocycles. The summed E-state index contributed by atoms with van der Waals surface area (Å²) >= 11 is 3.39. The van der Waals surface area contributed by atoms with E-state index in [1.165, 1.54) is 0 Å². The van der Waals surface area contributed by atoms with Crippen LogP contribution in [-0.4, -0.2) is 20.0 Å². The van der Waals surface area contributed by atoms with Gasteiger partial charge in [0.15, 0.2) is 0 Å². The highest BCUT2D eigenvalue weighted by Gasteiger charge is 2.65. The van der Waals surface area contributed by atoms with E-state index in [2.05, 4.69) is 20.7 Å². The molecule has 2 saturated carbocycles. The summed E-state index contributed by atoms with van der Waals surface area (Å²) in [6, 6.07) is 5.47. The summed E-state index contributed by atoms with van der Waals surface area (Å²) in [6.07, 6.45) is 2.15. The molecule has 0 aliphatic heterocycles. The maximum absolute atomic E-state index is 12.7. The van der Waals surface area contributed by atoms with Gasteiger partial charge in [0.1, 0.15) is 5.78 Å². The van der Waals surface area contributed by atoms with Gasteiger partial charge in [-0.25, -0.2) is 8.42 Å². The molecule has 0 amide bonds. The van der Waals surface area contributed by atoms with Crippen LogP contribution in [0.1, 0.15) is 38.7 Å². The Hall–Kier alpha value is -0.880. The lowest BCUT2D eigenvalue weighted by Crippen LogP contribution is -2.43. The van der Waals surface area contributed by atoms with Gasteiger partial charge in [0.25, 0.3) is 0 Å².